The van der Waals surface area contributed by atoms with Crippen LogP contribution in [0.1, 0.15) is 99.3 Å². The van der Waals surface area contributed by atoms with Crippen LogP contribution in [-0.4, -0.2) is 0 Å². The maximum absolute atomic E-state index is 2.61. The average molecular weight is 725 g/mol. The molecule has 0 aromatic heterocycles. The maximum Gasteiger partial charge on any atom is -0.00269 e. The molecule has 276 valence electrons. The third kappa shape index (κ3) is 4.65. The van der Waals surface area contributed by atoms with Crippen molar-refractivity contribution in [1.82, 2.24) is 0 Å². The highest BCUT2D eigenvalue weighted by Crippen LogP contribution is 2.68. The second kappa shape index (κ2) is 11.5. The Hall–Kier alpha value is -4.68. The summed E-state index contributed by atoms with van der Waals surface area (Å²) in [5.41, 5.74) is 10.4. The van der Waals surface area contributed by atoms with Crippen molar-refractivity contribution < 1.29 is 0 Å². The molecule has 0 amide bonds. The molecule has 8 atom stereocenters. The Kier molecular flexibility index (Phi) is 6.64. The molecule has 4 unspecified atom stereocenters. The van der Waals surface area contributed by atoms with E-state index in [2.05, 4.69) is 146 Å². The van der Waals surface area contributed by atoms with E-state index in [9.17, 15) is 0 Å². The summed E-state index contributed by atoms with van der Waals surface area (Å²) in [4.78, 5) is 0. The fourth-order valence-corrected chi connectivity index (χ4v) is 15.9. The summed E-state index contributed by atoms with van der Waals surface area (Å²) in [7, 11) is 0. The van der Waals surface area contributed by atoms with Crippen molar-refractivity contribution >= 4 is 32.3 Å². The van der Waals surface area contributed by atoms with Crippen LogP contribution in [0.4, 0.5) is 0 Å². The molecule has 8 aliphatic rings. The fraction of sp³-hybridized carbons (Fsp3) is 0.357. The van der Waals surface area contributed by atoms with Gasteiger partial charge in [0.15, 0.2) is 0 Å². The molecule has 8 saturated carbocycles. The molecule has 8 aliphatic carbocycles. The van der Waals surface area contributed by atoms with Crippen LogP contribution in [0.2, 0.25) is 0 Å². The van der Waals surface area contributed by atoms with Crippen molar-refractivity contribution in [2.24, 2.45) is 23.7 Å². The van der Waals surface area contributed by atoms with E-state index in [1.165, 1.54) is 120 Å². The van der Waals surface area contributed by atoms with Crippen LogP contribution in [0.25, 0.3) is 43.4 Å². The van der Waals surface area contributed by atoms with Crippen LogP contribution in [-0.2, 0) is 21.7 Å². The largest absolute Gasteiger partial charge is 0.0616 e. The van der Waals surface area contributed by atoms with E-state index >= 15 is 0 Å². The van der Waals surface area contributed by atoms with Gasteiger partial charge in [-0.05, 0) is 194 Å². The second-order valence-electron chi connectivity index (χ2n) is 20.5. The van der Waals surface area contributed by atoms with E-state index in [1.54, 1.807) is 22.3 Å². The minimum Gasteiger partial charge on any atom is -0.0616 e. The van der Waals surface area contributed by atoms with Crippen molar-refractivity contribution in [3.8, 4) is 11.1 Å². The zero-order valence-electron chi connectivity index (χ0n) is 32.7. The van der Waals surface area contributed by atoms with Crippen LogP contribution in [0, 0.1) is 23.7 Å². The summed E-state index contributed by atoms with van der Waals surface area (Å²) < 4.78 is 0. The molecular weight excluding hydrogens is 673 g/mol. The van der Waals surface area contributed by atoms with Gasteiger partial charge >= 0.3 is 0 Å². The van der Waals surface area contributed by atoms with Gasteiger partial charge in [0.25, 0.3) is 0 Å². The predicted octanol–water partition coefficient (Wildman–Crippen LogP) is 14.4. The number of benzene rings is 7. The Labute approximate surface area is 332 Å². The van der Waals surface area contributed by atoms with Gasteiger partial charge in [-0.2, -0.15) is 0 Å². The average Bonchev–Trinajstić information content (AvgIpc) is 3.22. The Morgan fingerprint density at radius 2 is 0.750 bits per heavy atom. The normalized spacial score (nSPS) is 33.9. The third-order valence-electron chi connectivity index (χ3n) is 17.2. The molecule has 0 N–H and O–H groups in total. The Bertz CT molecular complexity index is 2670. The summed E-state index contributed by atoms with van der Waals surface area (Å²) in [5, 5.41) is 8.53. The zero-order valence-corrected chi connectivity index (χ0v) is 32.7. The van der Waals surface area contributed by atoms with Gasteiger partial charge in [0.05, 0.1) is 0 Å². The van der Waals surface area contributed by atoms with Gasteiger partial charge in [-0.15, -0.1) is 0 Å². The number of rotatable bonds is 5. The van der Waals surface area contributed by atoms with Crippen molar-refractivity contribution in [1.29, 1.82) is 0 Å². The van der Waals surface area contributed by atoms with Crippen LogP contribution in [0.5, 0.6) is 0 Å². The van der Waals surface area contributed by atoms with E-state index in [-0.39, 0.29) is 5.41 Å². The lowest BCUT2D eigenvalue weighted by Crippen LogP contribution is -2.56. The standard InChI is InChI=1S/C56H52/c1-2-8-44-25-48(22-17-41(44)7-1)55-31-37-23-38(32-55)28-53(27-37,35-55)46-18-13-42(14-19-46)43-15-20-47(21-16-43)54-29-39-24-40(30-54)34-56(33-39,36-54)52-26-45-9-3-4-10-49(45)50-11-5-6-12-51(50)52/h1-22,25-26,37-40H,23-24,27-36H2/t37-,38+,39-,40+,53?,54?,55?,56?. The highest BCUT2D eigenvalue weighted by Gasteiger charge is 2.60. The van der Waals surface area contributed by atoms with Crippen LogP contribution in [0.15, 0.2) is 146 Å². The highest BCUT2D eigenvalue weighted by molar-refractivity contribution is 6.09. The molecule has 0 radical (unpaired) electrons. The summed E-state index contributed by atoms with van der Waals surface area (Å²) in [6, 6.07) is 57.5. The van der Waals surface area contributed by atoms with Gasteiger partial charge in [0.2, 0.25) is 0 Å². The van der Waals surface area contributed by atoms with Crippen molar-refractivity contribution in [3.05, 3.63) is 168 Å². The first-order valence-corrected chi connectivity index (χ1v) is 22.1. The Balaban J connectivity index is 0.808. The first-order chi connectivity index (χ1) is 27.5. The molecule has 0 heteroatoms. The number of hydrogen-bond donors (Lipinski definition) is 0. The number of fused-ring (bicyclic) bond motifs is 4. The van der Waals surface area contributed by atoms with E-state index in [0.717, 1.165) is 23.7 Å². The van der Waals surface area contributed by atoms with Gasteiger partial charge in [-0.3, -0.25) is 0 Å². The lowest BCUT2D eigenvalue weighted by atomic mass is 9.41. The van der Waals surface area contributed by atoms with Gasteiger partial charge < -0.3 is 0 Å². The lowest BCUT2D eigenvalue weighted by Gasteiger charge is -2.63. The van der Waals surface area contributed by atoms with E-state index in [1.807, 2.05) is 0 Å². The van der Waals surface area contributed by atoms with Crippen LogP contribution in [0.3, 0.4) is 0 Å². The molecule has 7 aromatic rings. The smallest absolute Gasteiger partial charge is 0.00269 e. The molecular formula is C56H52. The lowest BCUT2D eigenvalue weighted by molar-refractivity contribution is -0.0281. The summed E-state index contributed by atoms with van der Waals surface area (Å²) in [6.07, 6.45) is 16.5. The molecule has 0 heterocycles. The molecule has 8 fully saturated rings. The Morgan fingerprint density at radius 1 is 0.321 bits per heavy atom. The van der Waals surface area contributed by atoms with Crippen LogP contribution < -0.4 is 0 Å². The van der Waals surface area contributed by atoms with Crippen molar-refractivity contribution in [2.75, 3.05) is 0 Å². The minimum absolute atomic E-state index is 0.270. The predicted molar refractivity (Wildman–Crippen MR) is 233 cm³/mol. The second-order valence-corrected chi connectivity index (χ2v) is 20.5. The van der Waals surface area contributed by atoms with E-state index in [0.29, 0.717) is 16.2 Å². The summed E-state index contributed by atoms with van der Waals surface area (Å²) >= 11 is 0. The highest BCUT2D eigenvalue weighted by atomic mass is 14.6. The summed E-state index contributed by atoms with van der Waals surface area (Å²) in [5.74, 6) is 3.38. The molecule has 15 rings (SSSR count). The Morgan fingerprint density at radius 3 is 1.34 bits per heavy atom. The van der Waals surface area contributed by atoms with E-state index < -0.39 is 0 Å². The topological polar surface area (TPSA) is 0 Å². The molecule has 0 nitrogen and oxygen atoms in total. The van der Waals surface area contributed by atoms with Gasteiger partial charge in [-0.1, -0.05) is 140 Å². The molecule has 8 bridgehead atoms. The molecule has 0 aliphatic heterocycles. The van der Waals surface area contributed by atoms with Crippen LogP contribution >= 0.6 is 0 Å². The molecule has 0 saturated heterocycles. The first-order valence-electron chi connectivity index (χ1n) is 22.1. The quantitative estimate of drug-likeness (QED) is 0.155. The van der Waals surface area contributed by atoms with Crippen molar-refractivity contribution in [3.63, 3.8) is 0 Å². The molecule has 56 heavy (non-hydrogen) atoms. The van der Waals surface area contributed by atoms with Gasteiger partial charge in [-0.25, -0.2) is 0 Å². The summed E-state index contributed by atoms with van der Waals surface area (Å²) in [6.45, 7) is 0. The molecule has 0 spiro atoms. The van der Waals surface area contributed by atoms with E-state index in [4.69, 9.17) is 0 Å². The zero-order chi connectivity index (χ0) is 36.7. The number of hydrogen-bond acceptors (Lipinski definition) is 0. The van der Waals surface area contributed by atoms with Crippen molar-refractivity contribution in [2.45, 2.75) is 98.7 Å². The minimum atomic E-state index is 0.270. The molecule has 7 aromatic carbocycles. The first kappa shape index (κ1) is 32.4. The van der Waals surface area contributed by atoms with Gasteiger partial charge in [0, 0.05) is 0 Å². The fourth-order valence-electron chi connectivity index (χ4n) is 15.9. The monoisotopic (exact) mass is 724 g/mol. The third-order valence-corrected chi connectivity index (χ3v) is 17.2. The van der Waals surface area contributed by atoms with Gasteiger partial charge in [0.1, 0.15) is 0 Å². The maximum atomic E-state index is 2.61. The SMILES string of the molecule is c1ccc2cc(C34C[C@@H]5C[C@@H](CC(c6ccc(-c7ccc(C89C[C@H]%10C[C@@H](C8)CC(c8cc%11ccccc%11c%11ccccc8%11)(C%10)C9)cc7)cc6)(C5)C3)C4)ccc2c1.